The van der Waals surface area contributed by atoms with E-state index in [0.717, 1.165) is 38.5 Å². The molecule has 0 amide bonds. The van der Waals surface area contributed by atoms with E-state index in [0.29, 0.717) is 23.7 Å². The van der Waals surface area contributed by atoms with Crippen molar-refractivity contribution in [2.45, 2.75) is 119 Å². The summed E-state index contributed by atoms with van der Waals surface area (Å²) in [7, 11) is 0. The van der Waals surface area contributed by atoms with Crippen molar-refractivity contribution in [1.82, 2.24) is 0 Å². The highest BCUT2D eigenvalue weighted by molar-refractivity contribution is 5.36. The zero-order valence-corrected chi connectivity index (χ0v) is 22.5. The molecule has 0 aromatic heterocycles. The molecule has 0 spiro atoms. The smallest absolute Gasteiger partial charge is 0.0762 e. The number of rotatable bonds is 0. The first-order chi connectivity index (χ1) is 15.1. The average molecular weight is 459 g/mol. The summed E-state index contributed by atoms with van der Waals surface area (Å²) in [6.45, 7) is 18.9. The van der Waals surface area contributed by atoms with Crippen LogP contribution >= 0.6 is 0 Å². The molecule has 12 atom stereocenters. The first-order valence-electron chi connectivity index (χ1n) is 13.9. The predicted molar refractivity (Wildman–Crippen MR) is 133 cm³/mol. The minimum atomic E-state index is -0.444. The summed E-state index contributed by atoms with van der Waals surface area (Å²) in [6, 6.07) is 0. The predicted octanol–water partition coefficient (Wildman–Crippen LogP) is 5.97. The van der Waals surface area contributed by atoms with Gasteiger partial charge in [0.15, 0.2) is 0 Å². The summed E-state index contributed by atoms with van der Waals surface area (Å²) in [5.74, 6) is 2.09. The highest BCUT2D eigenvalue weighted by Gasteiger charge is 2.71. The number of fused-ring (bicyclic) bond motifs is 7. The van der Waals surface area contributed by atoms with E-state index in [-0.39, 0.29) is 45.2 Å². The van der Waals surface area contributed by atoms with Crippen LogP contribution in [-0.4, -0.2) is 33.6 Å². The van der Waals surface area contributed by atoms with Gasteiger partial charge in [-0.05, 0) is 90.3 Å². The maximum Gasteiger partial charge on any atom is 0.0762 e. The Morgan fingerprint density at radius 2 is 1.42 bits per heavy atom. The molecule has 33 heavy (non-hydrogen) atoms. The Hall–Kier alpha value is -0.380. The molecule has 3 nitrogen and oxygen atoms in total. The van der Waals surface area contributed by atoms with E-state index in [9.17, 15) is 15.3 Å². The van der Waals surface area contributed by atoms with Crippen LogP contribution in [0.25, 0.3) is 0 Å². The van der Waals surface area contributed by atoms with Crippen LogP contribution in [0.3, 0.4) is 0 Å². The van der Waals surface area contributed by atoms with Crippen LogP contribution < -0.4 is 0 Å². The van der Waals surface area contributed by atoms with E-state index in [1.165, 1.54) is 12.0 Å². The molecule has 0 radical (unpaired) electrons. The molecule has 0 saturated heterocycles. The molecule has 0 bridgehead atoms. The number of aliphatic hydroxyl groups excluding tert-OH is 3. The quantitative estimate of drug-likeness (QED) is 0.392. The number of allylic oxidation sites excluding steroid dienone is 1. The van der Waals surface area contributed by atoms with Gasteiger partial charge >= 0.3 is 0 Å². The third-order valence-electron chi connectivity index (χ3n) is 13.4. The normalized spacial score (nSPS) is 60.0. The standard InChI is InChI=1S/C30H50O3/c1-17-9-12-28(6)23(33)16-30(8)19(24(28)18(17)2)15-20(31)25-27(5)13-11-22(32)26(3,4)21(27)10-14-29(25,30)7/h15,17-18,20-25,31-33H,9-14,16H2,1-8H3/t17-,18+,20-,21?,22+,23+,24?,25?,27+,28-,29-,30-/m1/s1. The minimum absolute atomic E-state index is 0.00262. The molecular formula is C30H50O3. The van der Waals surface area contributed by atoms with Crippen LogP contribution in [0.15, 0.2) is 11.6 Å². The maximum absolute atomic E-state index is 12.0. The van der Waals surface area contributed by atoms with E-state index in [1.54, 1.807) is 0 Å². The lowest BCUT2D eigenvalue weighted by molar-refractivity contribution is -0.234. The molecule has 3 N–H and O–H groups in total. The van der Waals surface area contributed by atoms with E-state index >= 15 is 0 Å². The van der Waals surface area contributed by atoms with Crippen molar-refractivity contribution in [3.63, 3.8) is 0 Å². The van der Waals surface area contributed by atoms with Crippen LogP contribution in [0, 0.1) is 56.7 Å². The molecule has 3 unspecified atom stereocenters. The third kappa shape index (κ3) is 2.80. The van der Waals surface area contributed by atoms with Crippen molar-refractivity contribution in [1.29, 1.82) is 0 Å². The number of aliphatic hydroxyl groups is 3. The van der Waals surface area contributed by atoms with Crippen LogP contribution in [0.4, 0.5) is 0 Å². The minimum Gasteiger partial charge on any atom is -0.393 e. The Labute approximate surface area is 202 Å². The Morgan fingerprint density at radius 3 is 2.09 bits per heavy atom. The molecule has 0 aromatic rings. The second-order valence-corrected chi connectivity index (χ2v) is 14.9. The molecule has 4 fully saturated rings. The van der Waals surface area contributed by atoms with Crippen molar-refractivity contribution < 1.29 is 15.3 Å². The Bertz CT molecular complexity index is 847. The lowest BCUT2D eigenvalue weighted by Gasteiger charge is -2.72. The van der Waals surface area contributed by atoms with Gasteiger partial charge in [-0.3, -0.25) is 0 Å². The molecule has 5 aliphatic rings. The molecule has 0 aromatic carbocycles. The summed E-state index contributed by atoms with van der Waals surface area (Å²) in [5, 5.41) is 34.6. The number of hydrogen-bond acceptors (Lipinski definition) is 3. The molecular weight excluding hydrogens is 408 g/mol. The molecule has 0 aliphatic heterocycles. The SMILES string of the molecule is C[C@@H]1CC[C@@]2(C)C(C3=C[C@@H](O)C4[C@@]5(C)CC[C@H](O)C(C)(C)C5CC[C@@]4(C)[C@]3(C)C[C@@H]2O)[C@H]1C. The average Bonchev–Trinajstić information content (AvgIpc) is 2.71. The second-order valence-electron chi connectivity index (χ2n) is 14.9. The fourth-order valence-electron chi connectivity index (χ4n) is 11.0. The summed E-state index contributed by atoms with van der Waals surface area (Å²) < 4.78 is 0. The Balaban J connectivity index is 1.66. The topological polar surface area (TPSA) is 60.7 Å². The van der Waals surface area contributed by atoms with Crippen molar-refractivity contribution in [3.05, 3.63) is 11.6 Å². The van der Waals surface area contributed by atoms with Gasteiger partial charge in [-0.25, -0.2) is 0 Å². The second kappa shape index (κ2) is 7.10. The van der Waals surface area contributed by atoms with Gasteiger partial charge in [-0.2, -0.15) is 0 Å². The van der Waals surface area contributed by atoms with Gasteiger partial charge in [0, 0.05) is 11.3 Å². The summed E-state index contributed by atoms with van der Waals surface area (Å²) in [4.78, 5) is 0. The van der Waals surface area contributed by atoms with Crippen LogP contribution in [0.1, 0.15) is 100 Å². The zero-order valence-electron chi connectivity index (χ0n) is 22.5. The molecule has 0 heterocycles. The first-order valence-corrected chi connectivity index (χ1v) is 13.9. The van der Waals surface area contributed by atoms with Gasteiger partial charge in [0.2, 0.25) is 0 Å². The van der Waals surface area contributed by atoms with E-state index in [2.05, 4.69) is 61.5 Å². The summed E-state index contributed by atoms with van der Waals surface area (Å²) >= 11 is 0. The Morgan fingerprint density at radius 1 is 0.788 bits per heavy atom. The highest BCUT2D eigenvalue weighted by atomic mass is 16.3. The largest absolute Gasteiger partial charge is 0.393 e. The third-order valence-corrected chi connectivity index (χ3v) is 13.4. The van der Waals surface area contributed by atoms with Crippen molar-refractivity contribution >= 4 is 0 Å². The van der Waals surface area contributed by atoms with Crippen LogP contribution in [-0.2, 0) is 0 Å². The van der Waals surface area contributed by atoms with Gasteiger partial charge in [0.05, 0.1) is 18.3 Å². The number of hydrogen-bond donors (Lipinski definition) is 3. The zero-order chi connectivity index (χ0) is 24.4. The lowest BCUT2D eigenvalue weighted by Crippen LogP contribution is -2.69. The molecule has 5 aliphatic carbocycles. The summed E-state index contributed by atoms with van der Waals surface area (Å²) in [6.07, 6.45) is 8.37. The molecule has 5 rings (SSSR count). The van der Waals surface area contributed by atoms with Crippen LogP contribution in [0.2, 0.25) is 0 Å². The lowest BCUT2D eigenvalue weighted by atomic mass is 9.32. The van der Waals surface area contributed by atoms with Gasteiger partial charge in [-0.15, -0.1) is 0 Å². The Kier molecular flexibility index (Phi) is 5.23. The van der Waals surface area contributed by atoms with Gasteiger partial charge in [0.1, 0.15) is 0 Å². The molecule has 188 valence electrons. The first kappa shape index (κ1) is 24.3. The van der Waals surface area contributed by atoms with Gasteiger partial charge in [0.25, 0.3) is 0 Å². The van der Waals surface area contributed by atoms with Crippen molar-refractivity contribution in [2.24, 2.45) is 56.7 Å². The molecule has 3 heteroatoms. The maximum atomic E-state index is 12.0. The van der Waals surface area contributed by atoms with E-state index in [1.807, 2.05) is 0 Å². The fraction of sp³-hybridized carbons (Fsp3) is 0.933. The monoisotopic (exact) mass is 458 g/mol. The van der Waals surface area contributed by atoms with Crippen LogP contribution in [0.5, 0.6) is 0 Å². The van der Waals surface area contributed by atoms with E-state index < -0.39 is 6.10 Å². The summed E-state index contributed by atoms with van der Waals surface area (Å²) in [5.41, 5.74) is 1.10. The highest BCUT2D eigenvalue weighted by Crippen LogP contribution is 2.75. The van der Waals surface area contributed by atoms with E-state index in [4.69, 9.17) is 0 Å². The van der Waals surface area contributed by atoms with Crippen molar-refractivity contribution in [2.75, 3.05) is 0 Å². The van der Waals surface area contributed by atoms with Crippen molar-refractivity contribution in [3.8, 4) is 0 Å². The molecule has 4 saturated carbocycles. The van der Waals surface area contributed by atoms with Gasteiger partial charge < -0.3 is 15.3 Å². The fourth-order valence-corrected chi connectivity index (χ4v) is 11.0. The van der Waals surface area contributed by atoms with Gasteiger partial charge in [-0.1, -0.05) is 67.0 Å².